The summed E-state index contributed by atoms with van der Waals surface area (Å²) in [6.45, 7) is 2.55. The van der Waals surface area contributed by atoms with E-state index in [1.54, 1.807) is 17.0 Å². The number of hydrogen-bond acceptors (Lipinski definition) is 3. The van der Waals surface area contributed by atoms with Crippen LogP contribution in [0.3, 0.4) is 0 Å². The lowest BCUT2D eigenvalue weighted by Crippen LogP contribution is -2.48. The molecule has 2 aromatic carbocycles. The van der Waals surface area contributed by atoms with Crippen molar-refractivity contribution in [2.24, 2.45) is 0 Å². The van der Waals surface area contributed by atoms with Crippen LogP contribution in [-0.4, -0.2) is 43.7 Å². The predicted molar refractivity (Wildman–Crippen MR) is 106 cm³/mol. The molecule has 2 aromatic rings. The summed E-state index contributed by atoms with van der Waals surface area (Å²) in [5.74, 6) is -0.416. The zero-order chi connectivity index (χ0) is 19.2. The van der Waals surface area contributed by atoms with Gasteiger partial charge < -0.3 is 9.64 Å². The van der Waals surface area contributed by atoms with Crippen molar-refractivity contribution in [2.45, 2.75) is 25.4 Å². The molecule has 0 atom stereocenters. The quantitative estimate of drug-likeness (QED) is 0.743. The van der Waals surface area contributed by atoms with E-state index in [1.165, 1.54) is 19.2 Å². The summed E-state index contributed by atoms with van der Waals surface area (Å²) in [5.41, 5.74) is 1.83. The number of ether oxygens (including phenoxy) is 1. The molecule has 0 spiro atoms. The number of halogens is 2. The number of carbonyl (C=O) groups excluding carboxylic acids is 1. The molecule has 1 fully saturated rings. The van der Waals surface area contributed by atoms with Crippen LogP contribution in [0.15, 0.2) is 48.5 Å². The van der Waals surface area contributed by atoms with E-state index >= 15 is 0 Å². The maximum absolute atomic E-state index is 13.3. The van der Waals surface area contributed by atoms with Crippen molar-refractivity contribution in [2.75, 3.05) is 31.7 Å². The van der Waals surface area contributed by atoms with Crippen molar-refractivity contribution >= 4 is 23.2 Å². The lowest BCUT2D eigenvalue weighted by atomic mass is 10.0. The van der Waals surface area contributed by atoms with Crippen molar-refractivity contribution in [3.63, 3.8) is 0 Å². The minimum absolute atomic E-state index is 0.0111. The van der Waals surface area contributed by atoms with Crippen LogP contribution < -0.4 is 4.90 Å². The van der Waals surface area contributed by atoms with E-state index < -0.39 is 0 Å². The molecule has 6 heteroatoms. The first-order chi connectivity index (χ1) is 13.1. The van der Waals surface area contributed by atoms with Crippen molar-refractivity contribution in [1.29, 1.82) is 0 Å². The fourth-order valence-corrected chi connectivity index (χ4v) is 3.75. The lowest BCUT2D eigenvalue weighted by molar-refractivity contribution is -0.122. The van der Waals surface area contributed by atoms with E-state index in [9.17, 15) is 9.18 Å². The molecule has 1 heterocycles. The monoisotopic (exact) mass is 390 g/mol. The first-order valence-electron chi connectivity index (χ1n) is 9.11. The van der Waals surface area contributed by atoms with E-state index in [4.69, 9.17) is 16.3 Å². The number of rotatable bonds is 6. The zero-order valence-corrected chi connectivity index (χ0v) is 16.2. The van der Waals surface area contributed by atoms with Crippen molar-refractivity contribution in [3.8, 4) is 0 Å². The minimum atomic E-state index is -0.313. The Kier molecular flexibility index (Phi) is 6.83. The smallest absolute Gasteiger partial charge is 0.253 e. The Bertz CT molecular complexity index is 761. The van der Waals surface area contributed by atoms with Crippen LogP contribution in [0.25, 0.3) is 0 Å². The number of hydrogen-bond donors (Lipinski definition) is 0. The van der Waals surface area contributed by atoms with E-state index in [-0.39, 0.29) is 24.4 Å². The summed E-state index contributed by atoms with van der Waals surface area (Å²) in [4.78, 5) is 16.7. The number of methoxy groups -OCH3 is 1. The van der Waals surface area contributed by atoms with Crippen molar-refractivity contribution in [3.05, 3.63) is 64.9 Å². The number of amides is 1. The summed E-state index contributed by atoms with van der Waals surface area (Å²) >= 11 is 6.27. The fraction of sp³-hybridized carbons (Fsp3) is 0.381. The van der Waals surface area contributed by atoms with Gasteiger partial charge in [-0.1, -0.05) is 29.8 Å². The summed E-state index contributed by atoms with van der Waals surface area (Å²) in [5, 5.41) is 0.780. The maximum atomic E-state index is 13.3. The molecule has 3 rings (SSSR count). The molecule has 0 radical (unpaired) electrons. The molecule has 0 aliphatic carbocycles. The molecular formula is C21H24ClFN2O2. The highest BCUT2D eigenvalue weighted by Crippen LogP contribution is 2.26. The summed E-state index contributed by atoms with van der Waals surface area (Å²) in [6.07, 6.45) is 1.69. The zero-order valence-electron chi connectivity index (χ0n) is 15.4. The Labute approximate surface area is 164 Å². The molecule has 4 nitrogen and oxygen atoms in total. The Morgan fingerprint density at radius 3 is 2.48 bits per heavy atom. The van der Waals surface area contributed by atoms with E-state index in [1.807, 2.05) is 24.3 Å². The molecule has 0 bridgehead atoms. The largest absolute Gasteiger partial charge is 0.375 e. The maximum Gasteiger partial charge on any atom is 0.253 e. The van der Waals surface area contributed by atoms with Crippen LogP contribution in [0, 0.1) is 5.82 Å². The van der Waals surface area contributed by atoms with E-state index in [2.05, 4.69) is 4.90 Å². The number of nitrogens with zero attached hydrogens (tertiary/aromatic N) is 2. The van der Waals surface area contributed by atoms with Gasteiger partial charge >= 0.3 is 0 Å². The molecule has 1 amide bonds. The van der Waals surface area contributed by atoms with Gasteiger partial charge in [-0.2, -0.15) is 0 Å². The van der Waals surface area contributed by atoms with Crippen molar-refractivity contribution < 1.29 is 13.9 Å². The summed E-state index contributed by atoms with van der Waals surface area (Å²) < 4.78 is 18.3. The molecule has 0 aromatic heterocycles. The van der Waals surface area contributed by atoms with Gasteiger partial charge in [0.2, 0.25) is 0 Å². The van der Waals surface area contributed by atoms with Gasteiger partial charge in [0.1, 0.15) is 12.4 Å². The van der Waals surface area contributed by atoms with Crippen molar-refractivity contribution in [1.82, 2.24) is 4.90 Å². The molecule has 1 aliphatic rings. The molecule has 0 unspecified atom stereocenters. The molecule has 1 aliphatic heterocycles. The molecule has 1 saturated heterocycles. The van der Waals surface area contributed by atoms with Gasteiger partial charge in [-0.05, 0) is 48.7 Å². The van der Waals surface area contributed by atoms with Crippen LogP contribution in [0.4, 0.5) is 10.1 Å². The summed E-state index contributed by atoms with van der Waals surface area (Å²) in [7, 11) is 1.51. The number of carbonyl (C=O) groups is 1. The average molecular weight is 391 g/mol. The van der Waals surface area contributed by atoms with Gasteiger partial charge in [-0.15, -0.1) is 0 Å². The van der Waals surface area contributed by atoms with Crippen LogP contribution in [0.1, 0.15) is 18.4 Å². The predicted octanol–water partition coefficient (Wildman–Crippen LogP) is 4.12. The van der Waals surface area contributed by atoms with Gasteiger partial charge in [-0.3, -0.25) is 9.69 Å². The first-order valence-corrected chi connectivity index (χ1v) is 9.48. The molecular weight excluding hydrogens is 367 g/mol. The first kappa shape index (κ1) is 19.8. The number of likely N-dealkylation sites (tertiary alicyclic amines) is 1. The number of benzene rings is 2. The third-order valence-electron chi connectivity index (χ3n) is 4.92. The highest BCUT2D eigenvalue weighted by atomic mass is 35.5. The van der Waals surface area contributed by atoms with E-state index in [0.29, 0.717) is 5.69 Å². The Morgan fingerprint density at radius 2 is 1.85 bits per heavy atom. The second kappa shape index (κ2) is 9.31. The second-order valence-electron chi connectivity index (χ2n) is 6.77. The Balaban J connectivity index is 1.68. The Morgan fingerprint density at radius 1 is 1.19 bits per heavy atom. The molecule has 0 saturated carbocycles. The molecule has 0 N–H and O–H groups in total. The highest BCUT2D eigenvalue weighted by molar-refractivity contribution is 6.31. The van der Waals surface area contributed by atoms with E-state index in [0.717, 1.165) is 43.1 Å². The van der Waals surface area contributed by atoms with Gasteiger partial charge in [-0.25, -0.2) is 4.39 Å². The second-order valence-corrected chi connectivity index (χ2v) is 7.18. The third-order valence-corrected chi connectivity index (χ3v) is 5.28. The lowest BCUT2D eigenvalue weighted by Gasteiger charge is -2.38. The highest BCUT2D eigenvalue weighted by Gasteiger charge is 2.29. The van der Waals surface area contributed by atoms with Gasteiger partial charge in [0.25, 0.3) is 5.91 Å². The SMILES string of the molecule is COCC(=O)N(c1ccc(F)cc1)C1CCN(Cc2ccccc2Cl)CC1. The minimum Gasteiger partial charge on any atom is -0.375 e. The standard InChI is InChI=1S/C21H24ClFN2O2/c1-27-15-21(26)25(18-8-6-17(23)7-9-18)19-10-12-24(13-11-19)14-16-4-2-3-5-20(16)22/h2-9,19H,10-15H2,1H3. The van der Waals surface area contributed by atoms with Crippen LogP contribution in [0.2, 0.25) is 5.02 Å². The summed E-state index contributed by atoms with van der Waals surface area (Å²) in [6, 6.07) is 14.0. The topological polar surface area (TPSA) is 32.8 Å². The van der Waals surface area contributed by atoms with Gasteiger partial charge in [0.15, 0.2) is 0 Å². The van der Waals surface area contributed by atoms with Crippen LogP contribution >= 0.6 is 11.6 Å². The Hall–Kier alpha value is -1.95. The van der Waals surface area contributed by atoms with Gasteiger partial charge in [0.05, 0.1) is 0 Å². The molecule has 27 heavy (non-hydrogen) atoms. The average Bonchev–Trinajstić information content (AvgIpc) is 2.67. The van der Waals surface area contributed by atoms with Gasteiger partial charge in [0, 0.05) is 43.5 Å². The number of piperidine rings is 1. The fourth-order valence-electron chi connectivity index (χ4n) is 3.56. The van der Waals surface area contributed by atoms with Crippen LogP contribution in [0.5, 0.6) is 0 Å². The third kappa shape index (κ3) is 5.06. The van der Waals surface area contributed by atoms with Crippen LogP contribution in [-0.2, 0) is 16.1 Å². The molecule has 144 valence electrons. The number of anilines is 1. The normalized spacial score (nSPS) is 15.7.